The van der Waals surface area contributed by atoms with Crippen molar-refractivity contribution < 1.29 is 14.3 Å². The summed E-state index contributed by atoms with van der Waals surface area (Å²) in [6, 6.07) is 2.71. The van der Waals surface area contributed by atoms with Gasteiger partial charge >= 0.3 is 11.7 Å². The number of aliphatic carboxylic acids is 1. The van der Waals surface area contributed by atoms with Gasteiger partial charge in [0.05, 0.1) is 16.6 Å². The van der Waals surface area contributed by atoms with Gasteiger partial charge in [-0.25, -0.2) is 9.18 Å². The predicted octanol–water partition coefficient (Wildman–Crippen LogP) is 3.43. The summed E-state index contributed by atoms with van der Waals surface area (Å²) in [4.78, 5) is 36.6. The van der Waals surface area contributed by atoms with E-state index in [0.717, 1.165) is 30.4 Å². The average molecular weight is 435 g/mol. The van der Waals surface area contributed by atoms with E-state index in [1.165, 1.54) is 17.1 Å². The van der Waals surface area contributed by atoms with Crippen molar-refractivity contribution in [3.8, 4) is 0 Å². The number of aromatic nitrogens is 2. The normalized spacial score (nSPS) is 14.8. The van der Waals surface area contributed by atoms with Gasteiger partial charge in [-0.2, -0.15) is 4.68 Å². The molecule has 0 spiro atoms. The summed E-state index contributed by atoms with van der Waals surface area (Å²) in [6.45, 7) is 3.93. The van der Waals surface area contributed by atoms with Gasteiger partial charge in [-0.1, -0.05) is 19.3 Å². The number of carbonyl (C=O) groups is 1. The highest BCUT2D eigenvalue weighted by molar-refractivity contribution is 5.82. The fourth-order valence-electron chi connectivity index (χ4n) is 4.16. The molecule has 2 aromatic rings. The number of nitrogens with one attached hydrogen (secondary N) is 2. The van der Waals surface area contributed by atoms with Crippen molar-refractivity contribution in [1.82, 2.24) is 9.24 Å². The maximum absolute atomic E-state index is 14.9. The minimum absolute atomic E-state index is 0.0203. The summed E-state index contributed by atoms with van der Waals surface area (Å²) >= 11 is 0. The summed E-state index contributed by atoms with van der Waals surface area (Å²) in [5.74, 6) is -1.41. The van der Waals surface area contributed by atoms with Gasteiger partial charge in [-0.15, -0.1) is 0 Å². The van der Waals surface area contributed by atoms with Crippen molar-refractivity contribution in [2.24, 2.45) is 0 Å². The van der Waals surface area contributed by atoms with Gasteiger partial charge in [0.2, 0.25) is 0 Å². The third-order valence-electron chi connectivity index (χ3n) is 5.74. The minimum Gasteiger partial charge on any atom is -0.481 e. The zero-order chi connectivity index (χ0) is 22.5. The van der Waals surface area contributed by atoms with Gasteiger partial charge in [0.1, 0.15) is 5.82 Å². The smallest absolute Gasteiger partial charge is 0.350 e. The van der Waals surface area contributed by atoms with Crippen molar-refractivity contribution in [3.05, 3.63) is 38.8 Å². The fraction of sp³-hybridized carbons (Fsp3) is 0.591. The Bertz CT molecular complexity index is 1050. The van der Waals surface area contributed by atoms with Crippen LogP contribution in [0.25, 0.3) is 10.9 Å². The fourth-order valence-corrected chi connectivity index (χ4v) is 4.16. The van der Waals surface area contributed by atoms with E-state index in [9.17, 15) is 18.8 Å². The molecule has 31 heavy (non-hydrogen) atoms. The van der Waals surface area contributed by atoms with Crippen LogP contribution in [0.4, 0.5) is 10.1 Å². The van der Waals surface area contributed by atoms with Crippen LogP contribution in [-0.2, 0) is 4.79 Å². The lowest BCUT2D eigenvalue weighted by Crippen LogP contribution is -2.45. The van der Waals surface area contributed by atoms with Crippen LogP contribution in [0.1, 0.15) is 71.3 Å². The molecule has 8 nitrogen and oxygen atoms in total. The van der Waals surface area contributed by atoms with Crippen molar-refractivity contribution in [2.75, 3.05) is 17.3 Å². The van der Waals surface area contributed by atoms with Gasteiger partial charge in [-0.3, -0.25) is 14.2 Å². The Labute approximate surface area is 180 Å². The molecule has 0 aliphatic heterocycles. The lowest BCUT2D eigenvalue weighted by molar-refractivity contribution is -0.137. The van der Waals surface area contributed by atoms with Crippen LogP contribution in [0.2, 0.25) is 0 Å². The quantitative estimate of drug-likeness (QED) is 0.522. The zero-order valence-corrected chi connectivity index (χ0v) is 18.1. The van der Waals surface area contributed by atoms with Gasteiger partial charge in [0, 0.05) is 25.0 Å². The largest absolute Gasteiger partial charge is 0.481 e. The maximum Gasteiger partial charge on any atom is 0.350 e. The molecule has 1 aliphatic carbocycles. The minimum atomic E-state index is -0.891. The second kappa shape index (κ2) is 9.98. The number of rotatable bonds is 9. The highest BCUT2D eigenvalue weighted by atomic mass is 19.1. The molecule has 0 atom stereocenters. The second-order valence-electron chi connectivity index (χ2n) is 8.47. The summed E-state index contributed by atoms with van der Waals surface area (Å²) in [5, 5.41) is 12.1. The average Bonchev–Trinajstić information content (AvgIpc) is 2.71. The predicted molar refractivity (Wildman–Crippen MR) is 119 cm³/mol. The standard InChI is InChI=1S/C22H31FN4O4/c1-14(2)26-19-13-18(25-15-8-4-3-5-9-15)17(23)12-16(19)21(30)27(22(26)31)24-11-7-6-10-20(28)29/h12-15,24-25H,3-11H2,1-2H3,(H,28,29). The lowest BCUT2D eigenvalue weighted by atomic mass is 9.95. The van der Waals surface area contributed by atoms with Crippen molar-refractivity contribution in [3.63, 3.8) is 0 Å². The van der Waals surface area contributed by atoms with Crippen LogP contribution in [-0.4, -0.2) is 32.9 Å². The number of hydrogen-bond donors (Lipinski definition) is 3. The van der Waals surface area contributed by atoms with E-state index < -0.39 is 23.0 Å². The first-order chi connectivity index (χ1) is 14.8. The van der Waals surface area contributed by atoms with E-state index in [1.807, 2.05) is 13.8 Å². The Morgan fingerprint density at radius 3 is 2.55 bits per heavy atom. The number of anilines is 1. The zero-order valence-electron chi connectivity index (χ0n) is 18.1. The first kappa shape index (κ1) is 22.8. The number of halogens is 1. The molecule has 0 radical (unpaired) electrons. The Balaban J connectivity index is 1.96. The van der Waals surface area contributed by atoms with E-state index in [2.05, 4.69) is 10.7 Å². The first-order valence-corrected chi connectivity index (χ1v) is 11.0. The Morgan fingerprint density at radius 1 is 1.19 bits per heavy atom. The topological polar surface area (TPSA) is 105 Å². The van der Waals surface area contributed by atoms with Crippen molar-refractivity contribution in [1.29, 1.82) is 0 Å². The third-order valence-corrected chi connectivity index (χ3v) is 5.74. The second-order valence-corrected chi connectivity index (χ2v) is 8.47. The highest BCUT2D eigenvalue weighted by Gasteiger charge is 2.20. The molecule has 9 heteroatoms. The Morgan fingerprint density at radius 2 is 1.90 bits per heavy atom. The summed E-state index contributed by atoms with van der Waals surface area (Å²) in [6.07, 6.45) is 6.27. The van der Waals surface area contributed by atoms with Crippen LogP contribution >= 0.6 is 0 Å². The molecule has 1 fully saturated rings. The van der Waals surface area contributed by atoms with Crippen LogP contribution in [0.15, 0.2) is 21.7 Å². The molecule has 0 amide bonds. The van der Waals surface area contributed by atoms with Crippen molar-refractivity contribution >= 4 is 22.6 Å². The molecule has 0 saturated heterocycles. The van der Waals surface area contributed by atoms with E-state index in [4.69, 9.17) is 5.11 Å². The van der Waals surface area contributed by atoms with Gasteiger partial charge < -0.3 is 15.8 Å². The SMILES string of the molecule is CC(C)n1c(=O)n(NCCCCC(=O)O)c(=O)c2cc(F)c(NC3CCCCC3)cc21. The molecular formula is C22H31FN4O4. The van der Waals surface area contributed by atoms with E-state index in [0.29, 0.717) is 24.0 Å². The molecule has 170 valence electrons. The van der Waals surface area contributed by atoms with E-state index in [1.54, 1.807) is 6.07 Å². The number of unbranched alkanes of at least 4 members (excludes halogenated alkanes) is 1. The number of fused-ring (bicyclic) bond motifs is 1. The lowest BCUT2D eigenvalue weighted by Gasteiger charge is -2.25. The number of carboxylic acids is 1. The maximum atomic E-state index is 14.9. The number of benzene rings is 1. The van der Waals surface area contributed by atoms with Crippen molar-refractivity contribution in [2.45, 2.75) is 77.3 Å². The molecular weight excluding hydrogens is 403 g/mol. The molecule has 0 unspecified atom stereocenters. The summed E-state index contributed by atoms with van der Waals surface area (Å²) in [7, 11) is 0. The van der Waals surface area contributed by atoms with E-state index in [-0.39, 0.29) is 30.4 Å². The summed E-state index contributed by atoms with van der Waals surface area (Å²) in [5.41, 5.74) is 2.35. The number of nitrogens with zero attached hydrogens (tertiary/aromatic N) is 2. The first-order valence-electron chi connectivity index (χ1n) is 11.0. The number of hydrogen-bond acceptors (Lipinski definition) is 5. The van der Waals surface area contributed by atoms with Gasteiger partial charge in [0.15, 0.2) is 0 Å². The molecule has 0 bridgehead atoms. The molecule has 3 N–H and O–H groups in total. The van der Waals surface area contributed by atoms with Gasteiger partial charge in [-0.05, 0) is 51.7 Å². The Kier molecular flexibility index (Phi) is 7.35. The molecule has 1 aliphatic rings. The molecule has 1 saturated carbocycles. The summed E-state index contributed by atoms with van der Waals surface area (Å²) < 4.78 is 17.3. The van der Waals surface area contributed by atoms with Crippen LogP contribution < -0.4 is 22.0 Å². The van der Waals surface area contributed by atoms with Crippen LogP contribution in [0.5, 0.6) is 0 Å². The van der Waals surface area contributed by atoms with Gasteiger partial charge in [0.25, 0.3) is 5.56 Å². The molecule has 1 aromatic carbocycles. The highest BCUT2D eigenvalue weighted by Crippen LogP contribution is 2.26. The monoisotopic (exact) mass is 434 g/mol. The molecule has 1 heterocycles. The molecule has 1 aromatic heterocycles. The Hall–Kier alpha value is -2.84. The van der Waals surface area contributed by atoms with Crippen LogP contribution in [0, 0.1) is 5.82 Å². The third kappa shape index (κ3) is 5.26. The van der Waals surface area contributed by atoms with E-state index >= 15 is 0 Å². The molecule has 3 rings (SSSR count). The number of carboxylic acid groups (broad SMARTS) is 1. The van der Waals surface area contributed by atoms with Crippen LogP contribution in [0.3, 0.4) is 0 Å².